The smallest absolute Gasteiger partial charge is 0.309 e. The van der Waals surface area contributed by atoms with Crippen LogP contribution in [0.25, 0.3) is 0 Å². The van der Waals surface area contributed by atoms with Crippen LogP contribution in [-0.4, -0.2) is 17.7 Å². The molecule has 1 N–H and O–H groups in total. The van der Waals surface area contributed by atoms with Crippen LogP contribution in [-0.2, 0) is 16.1 Å². The molecule has 0 aliphatic carbocycles. The van der Waals surface area contributed by atoms with Gasteiger partial charge in [-0.2, -0.15) is 0 Å². The third-order valence-electron chi connectivity index (χ3n) is 2.23. The largest absolute Gasteiger partial charge is 0.481 e. The molecule has 0 saturated heterocycles. The Balaban J connectivity index is 2.33. The fourth-order valence-corrected chi connectivity index (χ4v) is 1.33. The summed E-state index contributed by atoms with van der Waals surface area (Å²) < 4.78 is 5.37. The molecule has 3 nitrogen and oxygen atoms in total. The molecule has 0 bridgehead atoms. The molecule has 16 heavy (non-hydrogen) atoms. The fourth-order valence-electron chi connectivity index (χ4n) is 1.33. The lowest BCUT2D eigenvalue weighted by atomic mass is 10.1. The number of rotatable bonds is 7. The number of carboxylic acids is 1. The van der Waals surface area contributed by atoms with Gasteiger partial charge in [0.1, 0.15) is 0 Å². The topological polar surface area (TPSA) is 46.5 Å². The zero-order valence-electron chi connectivity index (χ0n) is 9.13. The molecule has 3 heteroatoms. The average Bonchev–Trinajstić information content (AvgIpc) is 2.29. The summed E-state index contributed by atoms with van der Waals surface area (Å²) in [5.74, 6) is -1.34. The molecule has 0 fully saturated rings. The van der Waals surface area contributed by atoms with Crippen molar-refractivity contribution in [3.63, 3.8) is 0 Å². The molecule has 0 saturated carbocycles. The van der Waals surface area contributed by atoms with Crippen molar-refractivity contribution in [3.05, 3.63) is 48.6 Å². The molecule has 0 heterocycles. The molecular weight excluding hydrogens is 204 g/mol. The second kappa shape index (κ2) is 6.80. The summed E-state index contributed by atoms with van der Waals surface area (Å²) in [5, 5.41) is 8.87. The summed E-state index contributed by atoms with van der Waals surface area (Å²) in [5.41, 5.74) is 1.05. The van der Waals surface area contributed by atoms with E-state index in [0.717, 1.165) is 5.56 Å². The van der Waals surface area contributed by atoms with Gasteiger partial charge in [-0.25, -0.2) is 0 Å². The second-order valence-electron chi connectivity index (χ2n) is 3.56. The molecule has 0 aliphatic heterocycles. The number of benzene rings is 1. The third kappa shape index (κ3) is 4.28. The number of allylic oxidation sites excluding steroid dienone is 1. The summed E-state index contributed by atoms with van der Waals surface area (Å²) in [4.78, 5) is 10.8. The van der Waals surface area contributed by atoms with Crippen LogP contribution in [0.15, 0.2) is 43.0 Å². The van der Waals surface area contributed by atoms with Gasteiger partial charge in [0.25, 0.3) is 0 Å². The van der Waals surface area contributed by atoms with Crippen molar-refractivity contribution in [3.8, 4) is 0 Å². The van der Waals surface area contributed by atoms with Crippen molar-refractivity contribution in [2.75, 3.05) is 6.61 Å². The average molecular weight is 220 g/mol. The summed E-state index contributed by atoms with van der Waals surface area (Å²) in [7, 11) is 0. The van der Waals surface area contributed by atoms with Crippen molar-refractivity contribution >= 4 is 5.97 Å². The Hall–Kier alpha value is -1.61. The Kier molecular flexibility index (Phi) is 5.29. The molecule has 1 atom stereocenters. The van der Waals surface area contributed by atoms with Crippen LogP contribution in [0.1, 0.15) is 12.0 Å². The van der Waals surface area contributed by atoms with Gasteiger partial charge in [-0.3, -0.25) is 4.79 Å². The van der Waals surface area contributed by atoms with Gasteiger partial charge < -0.3 is 9.84 Å². The molecular formula is C13H16O3. The lowest BCUT2D eigenvalue weighted by molar-refractivity contribution is -0.143. The number of aliphatic carboxylic acids is 1. The van der Waals surface area contributed by atoms with Crippen LogP contribution in [0.5, 0.6) is 0 Å². The molecule has 0 radical (unpaired) electrons. The fraction of sp³-hybridized carbons (Fsp3) is 0.308. The van der Waals surface area contributed by atoms with E-state index in [0.29, 0.717) is 13.0 Å². The predicted molar refractivity (Wildman–Crippen MR) is 62.0 cm³/mol. The Bertz CT molecular complexity index is 332. The Morgan fingerprint density at radius 2 is 2.12 bits per heavy atom. The van der Waals surface area contributed by atoms with Crippen molar-refractivity contribution < 1.29 is 14.6 Å². The van der Waals surface area contributed by atoms with E-state index in [1.807, 2.05) is 30.3 Å². The Morgan fingerprint density at radius 1 is 1.44 bits per heavy atom. The van der Waals surface area contributed by atoms with Gasteiger partial charge in [-0.15, -0.1) is 6.58 Å². The molecule has 0 spiro atoms. The maximum Gasteiger partial charge on any atom is 0.309 e. The van der Waals surface area contributed by atoms with Crippen molar-refractivity contribution in [2.45, 2.75) is 13.0 Å². The molecule has 0 aliphatic rings. The highest BCUT2D eigenvalue weighted by atomic mass is 16.5. The summed E-state index contributed by atoms with van der Waals surface area (Å²) in [6.07, 6.45) is 2.04. The van der Waals surface area contributed by atoms with Gasteiger partial charge in [0.05, 0.1) is 19.1 Å². The maximum absolute atomic E-state index is 10.8. The lowest BCUT2D eigenvalue weighted by Gasteiger charge is -2.10. The zero-order chi connectivity index (χ0) is 11.8. The second-order valence-corrected chi connectivity index (χ2v) is 3.56. The van der Waals surface area contributed by atoms with Crippen molar-refractivity contribution in [2.24, 2.45) is 5.92 Å². The molecule has 86 valence electrons. The number of hydrogen-bond donors (Lipinski definition) is 1. The van der Waals surface area contributed by atoms with Crippen LogP contribution in [0.4, 0.5) is 0 Å². The first kappa shape index (κ1) is 12.5. The summed E-state index contributed by atoms with van der Waals surface area (Å²) >= 11 is 0. The van der Waals surface area contributed by atoms with Crippen LogP contribution in [0.3, 0.4) is 0 Å². The van der Waals surface area contributed by atoms with Crippen LogP contribution in [0.2, 0.25) is 0 Å². The first-order chi connectivity index (χ1) is 7.74. The van der Waals surface area contributed by atoms with Gasteiger partial charge >= 0.3 is 5.97 Å². The number of hydrogen-bond acceptors (Lipinski definition) is 2. The monoisotopic (exact) mass is 220 g/mol. The van der Waals surface area contributed by atoms with Crippen LogP contribution < -0.4 is 0 Å². The molecule has 1 aromatic carbocycles. The van der Waals surface area contributed by atoms with Gasteiger partial charge in [0.2, 0.25) is 0 Å². The zero-order valence-corrected chi connectivity index (χ0v) is 9.13. The first-order valence-electron chi connectivity index (χ1n) is 5.19. The standard InChI is InChI=1S/C13H16O3/c1-2-6-12(13(14)15)10-16-9-11-7-4-3-5-8-11/h2-5,7-8,12H,1,6,9-10H2,(H,14,15). The SMILES string of the molecule is C=CCC(COCc1ccccc1)C(=O)O. The van der Waals surface area contributed by atoms with E-state index >= 15 is 0 Å². The van der Waals surface area contributed by atoms with Gasteiger partial charge in [-0.05, 0) is 12.0 Å². The number of carbonyl (C=O) groups is 1. The van der Waals surface area contributed by atoms with Crippen LogP contribution in [0, 0.1) is 5.92 Å². The van der Waals surface area contributed by atoms with E-state index in [9.17, 15) is 4.79 Å². The Labute approximate surface area is 95.4 Å². The number of carboxylic acid groups (broad SMARTS) is 1. The van der Waals surface area contributed by atoms with E-state index in [2.05, 4.69) is 6.58 Å². The highest BCUT2D eigenvalue weighted by Crippen LogP contribution is 2.07. The molecule has 1 rings (SSSR count). The normalized spacial score (nSPS) is 12.0. The predicted octanol–water partition coefficient (Wildman–Crippen LogP) is 2.48. The van der Waals surface area contributed by atoms with Gasteiger partial charge in [-0.1, -0.05) is 36.4 Å². The lowest BCUT2D eigenvalue weighted by Crippen LogP contribution is -2.19. The number of ether oxygens (including phenoxy) is 1. The highest BCUT2D eigenvalue weighted by molar-refractivity contribution is 5.70. The van der Waals surface area contributed by atoms with E-state index in [-0.39, 0.29) is 6.61 Å². The van der Waals surface area contributed by atoms with E-state index in [4.69, 9.17) is 9.84 Å². The molecule has 0 amide bonds. The minimum absolute atomic E-state index is 0.218. The first-order valence-corrected chi connectivity index (χ1v) is 5.19. The van der Waals surface area contributed by atoms with E-state index in [1.54, 1.807) is 6.08 Å². The maximum atomic E-state index is 10.8. The van der Waals surface area contributed by atoms with Gasteiger partial charge in [0.15, 0.2) is 0 Å². The van der Waals surface area contributed by atoms with E-state index < -0.39 is 11.9 Å². The van der Waals surface area contributed by atoms with Crippen LogP contribution >= 0.6 is 0 Å². The molecule has 0 aromatic heterocycles. The quantitative estimate of drug-likeness (QED) is 0.718. The van der Waals surface area contributed by atoms with Gasteiger partial charge in [0, 0.05) is 0 Å². The summed E-state index contributed by atoms with van der Waals surface area (Å²) in [6.45, 7) is 4.19. The van der Waals surface area contributed by atoms with E-state index in [1.165, 1.54) is 0 Å². The third-order valence-corrected chi connectivity index (χ3v) is 2.23. The summed E-state index contributed by atoms with van der Waals surface area (Å²) in [6, 6.07) is 9.68. The highest BCUT2D eigenvalue weighted by Gasteiger charge is 2.15. The Morgan fingerprint density at radius 3 is 2.69 bits per heavy atom. The molecule has 1 unspecified atom stereocenters. The van der Waals surface area contributed by atoms with Crippen molar-refractivity contribution in [1.82, 2.24) is 0 Å². The molecule has 1 aromatic rings. The van der Waals surface area contributed by atoms with Crippen molar-refractivity contribution in [1.29, 1.82) is 0 Å². The minimum Gasteiger partial charge on any atom is -0.481 e. The minimum atomic E-state index is -0.840.